The van der Waals surface area contributed by atoms with E-state index in [1.54, 1.807) is 54.6 Å². The van der Waals surface area contributed by atoms with Gasteiger partial charge in [0.1, 0.15) is 17.3 Å². The number of hydrogen-bond acceptors (Lipinski definition) is 5. The van der Waals surface area contributed by atoms with Crippen LogP contribution in [0.2, 0.25) is 0 Å². The fourth-order valence-electron chi connectivity index (χ4n) is 2.86. The summed E-state index contributed by atoms with van der Waals surface area (Å²) in [5.41, 5.74) is 1.61. The van der Waals surface area contributed by atoms with Crippen molar-refractivity contribution in [1.82, 2.24) is 4.90 Å². The minimum Gasteiger partial charge on any atom is -0.457 e. The summed E-state index contributed by atoms with van der Waals surface area (Å²) in [5.74, 6) is 0.0419. The lowest BCUT2D eigenvalue weighted by atomic mass is 10.1. The second kappa shape index (κ2) is 7.78. The molecule has 7 heteroatoms. The number of rotatable bonds is 4. The van der Waals surface area contributed by atoms with Crippen molar-refractivity contribution in [2.45, 2.75) is 6.54 Å². The number of halogens is 1. The first kappa shape index (κ1) is 18.7. The van der Waals surface area contributed by atoms with E-state index in [1.807, 2.05) is 0 Å². The van der Waals surface area contributed by atoms with Crippen molar-refractivity contribution in [3.63, 3.8) is 0 Å². The molecule has 0 atom stereocenters. The van der Waals surface area contributed by atoms with E-state index in [0.29, 0.717) is 17.1 Å². The summed E-state index contributed by atoms with van der Waals surface area (Å²) in [6, 6.07) is 18.4. The number of hydrogen-bond donors (Lipinski definition) is 0. The van der Waals surface area contributed by atoms with Crippen LogP contribution in [-0.4, -0.2) is 16.0 Å². The molecule has 2 aromatic carbocycles. The van der Waals surface area contributed by atoms with Crippen LogP contribution in [0.15, 0.2) is 70.0 Å². The van der Waals surface area contributed by atoms with Gasteiger partial charge in [-0.15, -0.1) is 0 Å². The zero-order valence-corrected chi connectivity index (χ0v) is 15.8. The molecule has 2 heterocycles. The van der Waals surface area contributed by atoms with Crippen LogP contribution in [-0.2, 0) is 11.3 Å². The van der Waals surface area contributed by atoms with Crippen molar-refractivity contribution in [2.75, 3.05) is 0 Å². The third-order valence-corrected chi connectivity index (χ3v) is 5.27. The molecule has 142 valence electrons. The zero-order chi connectivity index (χ0) is 20.4. The smallest absolute Gasteiger partial charge is 0.293 e. The number of nitrogens with zero attached hydrogens (tertiary/aromatic N) is 2. The average Bonchev–Trinajstić information content (AvgIpc) is 3.30. The van der Waals surface area contributed by atoms with Gasteiger partial charge >= 0.3 is 0 Å². The summed E-state index contributed by atoms with van der Waals surface area (Å²) in [6.45, 7) is -0.122. The summed E-state index contributed by atoms with van der Waals surface area (Å²) < 4.78 is 19.6. The monoisotopic (exact) mass is 404 g/mol. The summed E-state index contributed by atoms with van der Waals surface area (Å²) in [7, 11) is 0. The van der Waals surface area contributed by atoms with E-state index in [0.717, 1.165) is 22.2 Å². The first-order valence-electron chi connectivity index (χ1n) is 8.64. The van der Waals surface area contributed by atoms with Crippen LogP contribution in [0, 0.1) is 17.1 Å². The van der Waals surface area contributed by atoms with Gasteiger partial charge < -0.3 is 4.42 Å². The van der Waals surface area contributed by atoms with E-state index in [9.17, 15) is 14.0 Å². The van der Waals surface area contributed by atoms with Gasteiger partial charge in [0.25, 0.3) is 11.1 Å². The first-order chi connectivity index (χ1) is 14.0. The molecule has 0 aliphatic carbocycles. The second-order valence-electron chi connectivity index (χ2n) is 6.25. The van der Waals surface area contributed by atoms with Crippen molar-refractivity contribution in [2.24, 2.45) is 0 Å². The van der Waals surface area contributed by atoms with Crippen LogP contribution in [0.5, 0.6) is 0 Å². The molecule has 0 N–H and O–H groups in total. The second-order valence-corrected chi connectivity index (χ2v) is 7.24. The van der Waals surface area contributed by atoms with Crippen molar-refractivity contribution in [3.05, 3.63) is 88.3 Å². The fraction of sp³-hybridized carbons (Fsp3) is 0.0455. The first-order valence-corrected chi connectivity index (χ1v) is 9.46. The lowest BCUT2D eigenvalue weighted by molar-refractivity contribution is -0.123. The molecule has 0 bridgehead atoms. The van der Waals surface area contributed by atoms with E-state index < -0.39 is 17.0 Å². The minimum atomic E-state index is -0.487. The van der Waals surface area contributed by atoms with Gasteiger partial charge in [0.15, 0.2) is 0 Å². The summed E-state index contributed by atoms with van der Waals surface area (Å²) in [5, 5.41) is 8.42. The predicted molar refractivity (Wildman–Crippen MR) is 107 cm³/mol. The summed E-state index contributed by atoms with van der Waals surface area (Å²) >= 11 is 0.792. The lowest BCUT2D eigenvalue weighted by Gasteiger charge is -2.12. The number of nitriles is 1. The average molecular weight is 404 g/mol. The minimum absolute atomic E-state index is 0.122. The Hall–Kier alpha value is -3.63. The van der Waals surface area contributed by atoms with E-state index in [-0.39, 0.29) is 17.0 Å². The molecule has 3 aromatic rings. The van der Waals surface area contributed by atoms with Gasteiger partial charge in [0, 0.05) is 17.2 Å². The Labute approximate surface area is 170 Å². The normalized spacial score (nSPS) is 15.2. The summed E-state index contributed by atoms with van der Waals surface area (Å²) in [4.78, 5) is 26.1. The number of furan rings is 1. The third kappa shape index (κ3) is 3.84. The molecule has 1 aromatic heterocycles. The van der Waals surface area contributed by atoms with Gasteiger partial charge in [-0.25, -0.2) is 4.39 Å². The molecule has 1 aliphatic rings. The highest BCUT2D eigenvalue weighted by molar-refractivity contribution is 8.18. The number of carbonyl (C=O) groups excluding carboxylic acids is 2. The predicted octanol–water partition coefficient (Wildman–Crippen LogP) is 5.19. The van der Waals surface area contributed by atoms with Crippen molar-refractivity contribution < 1.29 is 18.4 Å². The number of carbonyl (C=O) groups is 2. The molecule has 0 spiro atoms. The van der Waals surface area contributed by atoms with Gasteiger partial charge in [-0.2, -0.15) is 5.26 Å². The molecule has 1 aliphatic heterocycles. The highest BCUT2D eigenvalue weighted by Crippen LogP contribution is 2.34. The number of benzene rings is 2. The maximum absolute atomic E-state index is 13.8. The fourth-order valence-corrected chi connectivity index (χ4v) is 3.68. The molecule has 1 fully saturated rings. The van der Waals surface area contributed by atoms with Gasteiger partial charge in [-0.1, -0.05) is 18.2 Å². The van der Waals surface area contributed by atoms with Crippen LogP contribution in [0.25, 0.3) is 17.4 Å². The summed E-state index contributed by atoms with van der Waals surface area (Å²) in [6.07, 6.45) is 1.50. The molecule has 0 saturated carbocycles. The largest absolute Gasteiger partial charge is 0.457 e. The molecule has 0 radical (unpaired) electrons. The Bertz CT molecular complexity index is 1180. The molecular formula is C22H13FN2O3S. The Morgan fingerprint density at radius 1 is 1.07 bits per heavy atom. The van der Waals surface area contributed by atoms with Crippen molar-refractivity contribution >= 4 is 29.0 Å². The number of amides is 2. The standard InChI is InChI=1S/C22H13FN2O3S/c23-18-4-2-1-3-16(18)13-25-21(26)20(29-22(25)27)11-17-9-10-19(28-17)15-7-5-14(12-24)6-8-15/h1-11H,13H2. The molecule has 2 amide bonds. The van der Waals surface area contributed by atoms with E-state index in [1.165, 1.54) is 12.1 Å². The van der Waals surface area contributed by atoms with Crippen LogP contribution in [0.1, 0.15) is 16.9 Å². The van der Waals surface area contributed by atoms with Crippen LogP contribution in [0.4, 0.5) is 9.18 Å². The van der Waals surface area contributed by atoms with Crippen LogP contribution >= 0.6 is 11.8 Å². The molecule has 4 rings (SSSR count). The highest BCUT2D eigenvalue weighted by atomic mass is 32.2. The van der Waals surface area contributed by atoms with Gasteiger partial charge in [-0.05, 0) is 54.2 Å². The van der Waals surface area contributed by atoms with Crippen molar-refractivity contribution in [3.8, 4) is 17.4 Å². The van der Waals surface area contributed by atoms with Gasteiger partial charge in [0.2, 0.25) is 0 Å². The lowest BCUT2D eigenvalue weighted by Crippen LogP contribution is -2.27. The number of imide groups is 1. The quantitative estimate of drug-likeness (QED) is 0.559. The van der Waals surface area contributed by atoms with E-state index in [2.05, 4.69) is 6.07 Å². The topological polar surface area (TPSA) is 74.3 Å². The molecule has 0 unspecified atom stereocenters. The molecular weight excluding hydrogens is 391 g/mol. The molecule has 1 saturated heterocycles. The maximum Gasteiger partial charge on any atom is 0.293 e. The molecule has 5 nitrogen and oxygen atoms in total. The van der Waals surface area contributed by atoms with Crippen LogP contribution in [0.3, 0.4) is 0 Å². The van der Waals surface area contributed by atoms with Gasteiger partial charge in [-0.3, -0.25) is 14.5 Å². The third-order valence-electron chi connectivity index (χ3n) is 4.36. The Balaban J connectivity index is 1.54. The van der Waals surface area contributed by atoms with E-state index >= 15 is 0 Å². The van der Waals surface area contributed by atoms with E-state index in [4.69, 9.17) is 9.68 Å². The van der Waals surface area contributed by atoms with Gasteiger partial charge in [0.05, 0.1) is 23.1 Å². The highest BCUT2D eigenvalue weighted by Gasteiger charge is 2.35. The van der Waals surface area contributed by atoms with Crippen LogP contribution < -0.4 is 0 Å². The van der Waals surface area contributed by atoms with Crippen molar-refractivity contribution in [1.29, 1.82) is 5.26 Å². The number of thioether (sulfide) groups is 1. The zero-order valence-electron chi connectivity index (χ0n) is 15.0. The maximum atomic E-state index is 13.8. The Morgan fingerprint density at radius 3 is 2.55 bits per heavy atom. The Kier molecular flexibility index (Phi) is 5.02. The SMILES string of the molecule is N#Cc1ccc(-c2ccc(C=C3SC(=O)N(Cc4ccccc4F)C3=O)o2)cc1. The Morgan fingerprint density at radius 2 is 1.83 bits per heavy atom. The molecule has 29 heavy (non-hydrogen) atoms.